The summed E-state index contributed by atoms with van der Waals surface area (Å²) in [5.41, 5.74) is 7.77. The van der Waals surface area contributed by atoms with E-state index < -0.39 is 0 Å². The second-order valence-corrected chi connectivity index (χ2v) is 6.33. The fourth-order valence-corrected chi connectivity index (χ4v) is 3.17. The number of nitrogens with zero attached hydrogens (tertiary/aromatic N) is 2. The molecule has 1 fully saturated rings. The lowest BCUT2D eigenvalue weighted by molar-refractivity contribution is 0.00978. The van der Waals surface area contributed by atoms with Gasteiger partial charge in [-0.3, -0.25) is 4.90 Å². The molecule has 0 radical (unpaired) electrons. The van der Waals surface area contributed by atoms with E-state index in [0.717, 1.165) is 37.2 Å². The molecule has 3 rings (SSSR count). The molecule has 132 valence electrons. The Kier molecular flexibility index (Phi) is 7.07. The highest BCUT2D eigenvalue weighted by molar-refractivity contribution is 6.30. The van der Waals surface area contributed by atoms with Crippen LogP contribution in [0.3, 0.4) is 0 Å². The summed E-state index contributed by atoms with van der Waals surface area (Å²) < 4.78 is 11.1. The molecule has 1 aromatic carbocycles. The molecule has 0 spiro atoms. The van der Waals surface area contributed by atoms with Crippen molar-refractivity contribution in [3.05, 3.63) is 41.2 Å². The molecular formula is C17H23Cl2N3O2. The van der Waals surface area contributed by atoms with Crippen molar-refractivity contribution < 1.29 is 9.15 Å². The molecule has 2 unspecified atom stereocenters. The number of ether oxygens (including phenoxy) is 1. The molecule has 1 aromatic heterocycles. The van der Waals surface area contributed by atoms with Gasteiger partial charge < -0.3 is 14.9 Å². The Hall–Kier alpha value is -1.11. The predicted octanol–water partition coefficient (Wildman–Crippen LogP) is 3.35. The fraction of sp³-hybridized carbons (Fsp3) is 0.471. The standard InChI is InChI=1S/C17H22ClN3O2.ClH/c1-22-16-6-7-21(15(8-16)9-19)10-14-11-23-17(20-14)12-2-4-13(18)5-3-12;/h2-5,11,15-16H,6-10,19H2,1H3;1H. The van der Waals surface area contributed by atoms with Crippen molar-refractivity contribution in [1.29, 1.82) is 0 Å². The van der Waals surface area contributed by atoms with E-state index in [-0.39, 0.29) is 12.4 Å². The van der Waals surface area contributed by atoms with E-state index in [2.05, 4.69) is 9.88 Å². The first kappa shape index (κ1) is 19.2. The Morgan fingerprint density at radius 3 is 2.79 bits per heavy atom. The number of oxazole rings is 1. The first-order valence-corrected chi connectivity index (χ1v) is 8.24. The fourth-order valence-electron chi connectivity index (χ4n) is 3.04. The molecule has 24 heavy (non-hydrogen) atoms. The normalized spacial score (nSPS) is 21.5. The molecule has 0 amide bonds. The van der Waals surface area contributed by atoms with E-state index in [0.29, 0.717) is 29.6 Å². The van der Waals surface area contributed by atoms with E-state index in [1.165, 1.54) is 0 Å². The summed E-state index contributed by atoms with van der Waals surface area (Å²) in [6.45, 7) is 2.33. The van der Waals surface area contributed by atoms with Gasteiger partial charge in [-0.1, -0.05) is 11.6 Å². The molecule has 0 saturated carbocycles. The van der Waals surface area contributed by atoms with E-state index in [9.17, 15) is 0 Å². The van der Waals surface area contributed by atoms with Gasteiger partial charge in [-0.15, -0.1) is 12.4 Å². The number of halogens is 2. The molecule has 7 heteroatoms. The van der Waals surface area contributed by atoms with E-state index in [1.807, 2.05) is 24.3 Å². The monoisotopic (exact) mass is 371 g/mol. The maximum atomic E-state index is 5.92. The van der Waals surface area contributed by atoms with Gasteiger partial charge in [-0.05, 0) is 37.1 Å². The van der Waals surface area contributed by atoms with Crippen LogP contribution in [0.1, 0.15) is 18.5 Å². The minimum Gasteiger partial charge on any atom is -0.444 e. The molecule has 0 aliphatic carbocycles. The molecule has 5 nitrogen and oxygen atoms in total. The predicted molar refractivity (Wildman–Crippen MR) is 97.5 cm³/mol. The largest absolute Gasteiger partial charge is 0.444 e. The van der Waals surface area contributed by atoms with Crippen molar-refractivity contribution >= 4 is 24.0 Å². The first-order chi connectivity index (χ1) is 11.2. The van der Waals surface area contributed by atoms with Crippen LogP contribution < -0.4 is 5.73 Å². The summed E-state index contributed by atoms with van der Waals surface area (Å²) in [5, 5.41) is 0.701. The van der Waals surface area contributed by atoms with Gasteiger partial charge in [0.05, 0.1) is 11.8 Å². The lowest BCUT2D eigenvalue weighted by atomic mass is 9.99. The van der Waals surface area contributed by atoms with Crippen LogP contribution >= 0.6 is 24.0 Å². The van der Waals surface area contributed by atoms with Crippen LogP contribution in [0.5, 0.6) is 0 Å². The number of hydrogen-bond acceptors (Lipinski definition) is 5. The molecule has 0 bridgehead atoms. The summed E-state index contributed by atoms with van der Waals surface area (Å²) in [7, 11) is 1.77. The van der Waals surface area contributed by atoms with E-state index >= 15 is 0 Å². The average Bonchev–Trinajstić information content (AvgIpc) is 3.04. The Bertz CT molecular complexity index is 633. The molecule has 2 heterocycles. The van der Waals surface area contributed by atoms with Gasteiger partial charge in [-0.2, -0.15) is 0 Å². The zero-order chi connectivity index (χ0) is 16.2. The van der Waals surface area contributed by atoms with Crippen LogP contribution in [-0.4, -0.2) is 42.2 Å². The number of aromatic nitrogens is 1. The third-order valence-corrected chi connectivity index (χ3v) is 4.66. The van der Waals surface area contributed by atoms with Gasteiger partial charge in [0.1, 0.15) is 6.26 Å². The lowest BCUT2D eigenvalue weighted by Crippen LogP contribution is -2.48. The minimum atomic E-state index is 0. The molecule has 2 atom stereocenters. The molecule has 2 aromatic rings. The first-order valence-electron chi connectivity index (χ1n) is 7.87. The third kappa shape index (κ3) is 4.49. The number of benzene rings is 1. The topological polar surface area (TPSA) is 64.5 Å². The van der Waals surface area contributed by atoms with Crippen LogP contribution in [0.15, 0.2) is 34.9 Å². The van der Waals surface area contributed by atoms with E-state index in [4.69, 9.17) is 26.5 Å². The molecule has 2 N–H and O–H groups in total. The maximum absolute atomic E-state index is 5.92. The summed E-state index contributed by atoms with van der Waals surface area (Å²) in [4.78, 5) is 6.95. The van der Waals surface area contributed by atoms with Gasteiger partial charge in [0.25, 0.3) is 0 Å². The Morgan fingerprint density at radius 2 is 2.12 bits per heavy atom. The van der Waals surface area contributed by atoms with Gasteiger partial charge in [0.15, 0.2) is 0 Å². The summed E-state index contributed by atoms with van der Waals surface area (Å²) in [6, 6.07) is 7.81. The van der Waals surface area contributed by atoms with Crippen molar-refractivity contribution in [1.82, 2.24) is 9.88 Å². The Morgan fingerprint density at radius 1 is 1.38 bits per heavy atom. The van der Waals surface area contributed by atoms with Gasteiger partial charge in [0, 0.05) is 43.4 Å². The second-order valence-electron chi connectivity index (χ2n) is 5.89. The highest BCUT2D eigenvalue weighted by Crippen LogP contribution is 2.24. The summed E-state index contributed by atoms with van der Waals surface area (Å²) in [5.74, 6) is 0.618. The number of likely N-dealkylation sites (tertiary alicyclic amines) is 1. The number of piperidine rings is 1. The van der Waals surface area contributed by atoms with Crippen molar-refractivity contribution in [2.24, 2.45) is 5.73 Å². The minimum absolute atomic E-state index is 0. The Labute approximate surface area is 153 Å². The number of nitrogens with two attached hydrogens (primary N) is 1. The van der Waals surface area contributed by atoms with Crippen molar-refractivity contribution in [3.8, 4) is 11.5 Å². The van der Waals surface area contributed by atoms with Crippen molar-refractivity contribution in [2.45, 2.75) is 31.5 Å². The molecule has 1 saturated heterocycles. The van der Waals surface area contributed by atoms with Crippen molar-refractivity contribution in [2.75, 3.05) is 20.2 Å². The zero-order valence-electron chi connectivity index (χ0n) is 13.7. The van der Waals surface area contributed by atoms with E-state index in [1.54, 1.807) is 13.4 Å². The quantitative estimate of drug-likeness (QED) is 0.872. The van der Waals surface area contributed by atoms with Gasteiger partial charge in [0.2, 0.25) is 5.89 Å². The molecular weight excluding hydrogens is 349 g/mol. The van der Waals surface area contributed by atoms with Crippen LogP contribution in [-0.2, 0) is 11.3 Å². The number of methoxy groups -OCH3 is 1. The number of hydrogen-bond donors (Lipinski definition) is 1. The second kappa shape index (κ2) is 8.83. The SMILES string of the molecule is COC1CCN(Cc2coc(-c3ccc(Cl)cc3)n2)C(CN)C1.Cl. The Balaban J connectivity index is 0.00000208. The highest BCUT2D eigenvalue weighted by atomic mass is 35.5. The third-order valence-electron chi connectivity index (χ3n) is 4.40. The highest BCUT2D eigenvalue weighted by Gasteiger charge is 2.28. The summed E-state index contributed by atoms with van der Waals surface area (Å²) in [6.07, 6.45) is 4.02. The van der Waals surface area contributed by atoms with Crippen LogP contribution in [0.25, 0.3) is 11.5 Å². The van der Waals surface area contributed by atoms with Crippen LogP contribution in [0.2, 0.25) is 5.02 Å². The van der Waals surface area contributed by atoms with Crippen LogP contribution in [0, 0.1) is 0 Å². The van der Waals surface area contributed by atoms with Crippen LogP contribution in [0.4, 0.5) is 0 Å². The van der Waals surface area contributed by atoms with Gasteiger partial charge in [-0.25, -0.2) is 4.98 Å². The van der Waals surface area contributed by atoms with Crippen molar-refractivity contribution in [3.63, 3.8) is 0 Å². The van der Waals surface area contributed by atoms with Gasteiger partial charge >= 0.3 is 0 Å². The average molecular weight is 372 g/mol. The summed E-state index contributed by atoms with van der Waals surface area (Å²) >= 11 is 5.91. The molecule has 1 aliphatic heterocycles. The lowest BCUT2D eigenvalue weighted by Gasteiger charge is -2.37. The zero-order valence-corrected chi connectivity index (χ0v) is 15.2. The maximum Gasteiger partial charge on any atom is 0.226 e. The number of rotatable bonds is 5. The smallest absolute Gasteiger partial charge is 0.226 e. The molecule has 1 aliphatic rings.